The van der Waals surface area contributed by atoms with E-state index in [1.807, 2.05) is 25.1 Å². The molecule has 0 aliphatic heterocycles. The van der Waals surface area contributed by atoms with Crippen molar-refractivity contribution in [3.05, 3.63) is 41.5 Å². The number of methoxy groups -OCH3 is 1. The second-order valence-electron chi connectivity index (χ2n) is 4.37. The molecule has 0 radical (unpaired) electrons. The molecule has 2 aromatic rings. The summed E-state index contributed by atoms with van der Waals surface area (Å²) in [6.45, 7) is 4.53. The van der Waals surface area contributed by atoms with Crippen molar-refractivity contribution in [1.29, 1.82) is 0 Å². The first kappa shape index (κ1) is 14.5. The Morgan fingerprint density at radius 1 is 1.35 bits per heavy atom. The molecule has 1 aromatic carbocycles. The highest BCUT2D eigenvalue weighted by atomic mass is 16.5. The Hall–Kier alpha value is -1.92. The van der Waals surface area contributed by atoms with Crippen LogP contribution in [-0.4, -0.2) is 30.4 Å². The zero-order valence-electron chi connectivity index (χ0n) is 11.8. The Bertz CT molecular complexity index is 514. The van der Waals surface area contributed by atoms with Gasteiger partial charge in [-0.1, -0.05) is 23.4 Å². The molecule has 0 spiro atoms. The minimum absolute atomic E-state index is 0.298. The topological polar surface area (TPSA) is 69.4 Å². The van der Waals surface area contributed by atoms with Crippen molar-refractivity contribution < 1.29 is 14.0 Å². The van der Waals surface area contributed by atoms with Gasteiger partial charge in [0.05, 0.1) is 6.61 Å². The van der Waals surface area contributed by atoms with E-state index in [2.05, 4.69) is 20.0 Å². The Balaban J connectivity index is 1.98. The lowest BCUT2D eigenvalue weighted by Crippen LogP contribution is -2.19. The summed E-state index contributed by atoms with van der Waals surface area (Å²) in [6.07, 6.45) is 1.30. The Labute approximate surface area is 118 Å². The van der Waals surface area contributed by atoms with E-state index in [1.165, 1.54) is 6.39 Å². The molecule has 6 nitrogen and oxygen atoms in total. The van der Waals surface area contributed by atoms with Crippen LogP contribution in [0.25, 0.3) is 0 Å². The van der Waals surface area contributed by atoms with Gasteiger partial charge < -0.3 is 19.3 Å². The molecule has 20 heavy (non-hydrogen) atoms. The first-order valence-corrected chi connectivity index (χ1v) is 6.47. The fourth-order valence-electron chi connectivity index (χ4n) is 1.85. The van der Waals surface area contributed by atoms with Crippen molar-refractivity contribution in [2.24, 2.45) is 0 Å². The van der Waals surface area contributed by atoms with Crippen LogP contribution >= 0.6 is 0 Å². The molecule has 0 saturated heterocycles. The summed E-state index contributed by atoms with van der Waals surface area (Å²) < 4.78 is 15.5. The van der Waals surface area contributed by atoms with Crippen LogP contribution in [0.1, 0.15) is 17.0 Å². The van der Waals surface area contributed by atoms with Gasteiger partial charge in [0.2, 0.25) is 12.2 Å². The molecule has 0 saturated carbocycles. The minimum atomic E-state index is 0.298. The number of nitrogens with one attached hydrogen (secondary N) is 1. The van der Waals surface area contributed by atoms with Gasteiger partial charge in [-0.25, -0.2) is 0 Å². The third-order valence-corrected chi connectivity index (χ3v) is 2.84. The maximum Gasteiger partial charge on any atom is 0.213 e. The molecule has 1 heterocycles. The Morgan fingerprint density at radius 3 is 3.00 bits per heavy atom. The molecule has 1 N–H and O–H groups in total. The van der Waals surface area contributed by atoms with Crippen molar-refractivity contribution in [1.82, 2.24) is 15.5 Å². The van der Waals surface area contributed by atoms with Crippen LogP contribution in [0.15, 0.2) is 29.1 Å². The lowest BCUT2D eigenvalue weighted by atomic mass is 10.1. The number of ether oxygens (including phenoxy) is 2. The van der Waals surface area contributed by atoms with Gasteiger partial charge in [0, 0.05) is 25.8 Å². The van der Waals surface area contributed by atoms with Crippen LogP contribution < -0.4 is 10.1 Å². The van der Waals surface area contributed by atoms with E-state index in [4.69, 9.17) is 9.47 Å². The van der Waals surface area contributed by atoms with E-state index in [-0.39, 0.29) is 0 Å². The number of hydrogen-bond acceptors (Lipinski definition) is 6. The minimum Gasteiger partial charge on any atom is -0.485 e. The first-order chi connectivity index (χ1) is 9.81. The average molecular weight is 277 g/mol. The van der Waals surface area contributed by atoms with E-state index in [0.29, 0.717) is 19.0 Å². The number of aryl methyl sites for hydroxylation is 1. The molecule has 2 rings (SSSR count). The van der Waals surface area contributed by atoms with E-state index in [1.54, 1.807) is 7.11 Å². The molecular weight excluding hydrogens is 258 g/mol. The normalized spacial score (nSPS) is 10.7. The van der Waals surface area contributed by atoms with Crippen LogP contribution in [0.2, 0.25) is 0 Å². The largest absolute Gasteiger partial charge is 0.485 e. The Kier molecular flexibility index (Phi) is 5.52. The highest BCUT2D eigenvalue weighted by Gasteiger charge is 2.08. The SMILES string of the molecule is COCCNCc1cccc(C)c1OCc1ncon1. The van der Waals surface area contributed by atoms with E-state index < -0.39 is 0 Å². The van der Waals surface area contributed by atoms with E-state index >= 15 is 0 Å². The van der Waals surface area contributed by atoms with Crippen molar-refractivity contribution in [2.75, 3.05) is 20.3 Å². The second-order valence-corrected chi connectivity index (χ2v) is 4.37. The van der Waals surface area contributed by atoms with Crippen LogP contribution in [0.4, 0.5) is 0 Å². The van der Waals surface area contributed by atoms with E-state index in [9.17, 15) is 0 Å². The van der Waals surface area contributed by atoms with Gasteiger partial charge in [0.25, 0.3) is 0 Å². The van der Waals surface area contributed by atoms with Crippen LogP contribution in [0, 0.1) is 6.92 Å². The van der Waals surface area contributed by atoms with Crippen molar-refractivity contribution in [3.63, 3.8) is 0 Å². The zero-order valence-corrected chi connectivity index (χ0v) is 11.8. The van der Waals surface area contributed by atoms with E-state index in [0.717, 1.165) is 30.0 Å². The van der Waals surface area contributed by atoms with Gasteiger partial charge in [-0.3, -0.25) is 0 Å². The van der Waals surface area contributed by atoms with Crippen LogP contribution in [0.3, 0.4) is 0 Å². The van der Waals surface area contributed by atoms with Crippen molar-refractivity contribution in [3.8, 4) is 5.75 Å². The molecule has 1 aromatic heterocycles. The zero-order chi connectivity index (χ0) is 14.2. The van der Waals surface area contributed by atoms with Crippen LogP contribution in [-0.2, 0) is 17.9 Å². The van der Waals surface area contributed by atoms with Crippen molar-refractivity contribution in [2.45, 2.75) is 20.1 Å². The summed E-state index contributed by atoms with van der Waals surface area (Å²) in [5.74, 6) is 1.40. The monoisotopic (exact) mass is 277 g/mol. The molecule has 0 fully saturated rings. The number of aromatic nitrogens is 2. The second kappa shape index (κ2) is 7.62. The fourth-order valence-corrected chi connectivity index (χ4v) is 1.85. The molecule has 0 aliphatic carbocycles. The highest BCUT2D eigenvalue weighted by Crippen LogP contribution is 2.24. The van der Waals surface area contributed by atoms with Gasteiger partial charge in [-0.15, -0.1) is 0 Å². The van der Waals surface area contributed by atoms with Gasteiger partial charge in [-0.2, -0.15) is 4.98 Å². The summed E-state index contributed by atoms with van der Waals surface area (Å²) in [4.78, 5) is 3.94. The van der Waals surface area contributed by atoms with Crippen molar-refractivity contribution >= 4 is 0 Å². The summed E-state index contributed by atoms with van der Waals surface area (Å²) in [5.41, 5.74) is 2.18. The summed E-state index contributed by atoms with van der Waals surface area (Å²) >= 11 is 0. The maximum atomic E-state index is 5.81. The lowest BCUT2D eigenvalue weighted by molar-refractivity contribution is 0.199. The molecule has 108 valence electrons. The standard InChI is InChI=1S/C14H19N3O3/c1-11-4-3-5-12(8-15-6-7-18-2)14(11)19-9-13-16-10-20-17-13/h3-5,10,15H,6-9H2,1-2H3. The lowest BCUT2D eigenvalue weighted by Gasteiger charge is -2.13. The quantitative estimate of drug-likeness (QED) is 0.741. The number of hydrogen-bond donors (Lipinski definition) is 1. The smallest absolute Gasteiger partial charge is 0.213 e. The molecule has 0 bridgehead atoms. The number of nitrogens with zero attached hydrogens (tertiary/aromatic N) is 2. The molecule has 0 unspecified atom stereocenters. The third kappa shape index (κ3) is 4.04. The summed E-state index contributed by atoms with van der Waals surface area (Å²) in [5, 5.41) is 7.04. The molecule has 6 heteroatoms. The predicted molar refractivity (Wildman–Crippen MR) is 73.4 cm³/mol. The fraction of sp³-hybridized carbons (Fsp3) is 0.429. The molecule has 0 amide bonds. The molecule has 0 atom stereocenters. The first-order valence-electron chi connectivity index (χ1n) is 6.47. The molecular formula is C14H19N3O3. The summed E-state index contributed by atoms with van der Waals surface area (Å²) in [7, 11) is 1.69. The predicted octanol–water partition coefficient (Wildman–Crippen LogP) is 1.69. The van der Waals surface area contributed by atoms with Gasteiger partial charge in [0.1, 0.15) is 5.75 Å². The number of para-hydroxylation sites is 1. The summed E-state index contributed by atoms with van der Waals surface area (Å²) in [6, 6.07) is 6.08. The van der Waals surface area contributed by atoms with Gasteiger partial charge >= 0.3 is 0 Å². The number of rotatable bonds is 8. The highest BCUT2D eigenvalue weighted by molar-refractivity contribution is 5.40. The number of benzene rings is 1. The molecule has 0 aliphatic rings. The van der Waals surface area contributed by atoms with Gasteiger partial charge in [-0.05, 0) is 12.5 Å². The Morgan fingerprint density at radius 2 is 2.25 bits per heavy atom. The third-order valence-electron chi connectivity index (χ3n) is 2.84. The average Bonchev–Trinajstić information content (AvgIpc) is 2.96. The maximum absolute atomic E-state index is 5.81. The van der Waals surface area contributed by atoms with Gasteiger partial charge in [0.15, 0.2) is 6.61 Å². The van der Waals surface area contributed by atoms with Crippen LogP contribution in [0.5, 0.6) is 5.75 Å².